The molecule has 0 saturated heterocycles. The Morgan fingerprint density at radius 2 is 1.55 bits per heavy atom. The van der Waals surface area contributed by atoms with Gasteiger partial charge in [-0.05, 0) is 65.9 Å². The maximum Gasteiger partial charge on any atom is 0.120 e. The Kier molecular flexibility index (Phi) is 3.36. The maximum atomic E-state index is 5.28. The molecule has 0 bridgehead atoms. The highest BCUT2D eigenvalue weighted by atomic mass is 32.1. The van der Waals surface area contributed by atoms with Crippen LogP contribution in [0.15, 0.2) is 42.5 Å². The third-order valence-electron chi connectivity index (χ3n) is 3.43. The van der Waals surface area contributed by atoms with Crippen molar-refractivity contribution in [1.29, 1.82) is 0 Å². The van der Waals surface area contributed by atoms with Crippen molar-refractivity contribution in [3.63, 3.8) is 0 Å². The SMILES string of the molecule is COc1ccc(-c2cc3ccc(OC)cc3s2)c(C)c1. The molecule has 2 aromatic carbocycles. The van der Waals surface area contributed by atoms with Gasteiger partial charge in [-0.1, -0.05) is 0 Å². The highest BCUT2D eigenvalue weighted by Gasteiger charge is 2.08. The van der Waals surface area contributed by atoms with Gasteiger partial charge in [0.05, 0.1) is 14.2 Å². The van der Waals surface area contributed by atoms with Crippen LogP contribution in [0.2, 0.25) is 0 Å². The lowest BCUT2D eigenvalue weighted by atomic mass is 10.1. The molecule has 0 aliphatic carbocycles. The molecule has 1 heterocycles. The molecule has 0 atom stereocenters. The van der Waals surface area contributed by atoms with E-state index in [1.807, 2.05) is 12.1 Å². The molecule has 3 heteroatoms. The zero-order valence-corrected chi connectivity index (χ0v) is 12.6. The first-order valence-electron chi connectivity index (χ1n) is 6.44. The molecule has 0 saturated carbocycles. The Bertz CT molecular complexity index is 759. The van der Waals surface area contributed by atoms with Crippen LogP contribution in [0.1, 0.15) is 5.56 Å². The zero-order valence-electron chi connectivity index (χ0n) is 11.8. The van der Waals surface area contributed by atoms with E-state index in [-0.39, 0.29) is 0 Å². The smallest absolute Gasteiger partial charge is 0.120 e. The summed E-state index contributed by atoms with van der Waals surface area (Å²) in [7, 11) is 3.39. The molecule has 1 aromatic heterocycles. The Morgan fingerprint density at radius 3 is 2.25 bits per heavy atom. The lowest BCUT2D eigenvalue weighted by molar-refractivity contribution is 0.414. The first-order valence-corrected chi connectivity index (χ1v) is 7.25. The lowest BCUT2D eigenvalue weighted by Crippen LogP contribution is -1.85. The van der Waals surface area contributed by atoms with Crippen LogP contribution in [0.4, 0.5) is 0 Å². The molecule has 0 amide bonds. The summed E-state index contributed by atoms with van der Waals surface area (Å²) in [6.07, 6.45) is 0. The van der Waals surface area contributed by atoms with Crippen LogP contribution < -0.4 is 9.47 Å². The quantitative estimate of drug-likeness (QED) is 0.681. The van der Waals surface area contributed by atoms with E-state index in [2.05, 4.69) is 37.3 Å². The van der Waals surface area contributed by atoms with Crippen LogP contribution in [-0.4, -0.2) is 14.2 Å². The van der Waals surface area contributed by atoms with Crippen molar-refractivity contribution < 1.29 is 9.47 Å². The molecule has 0 aliphatic rings. The third kappa shape index (κ3) is 2.25. The molecule has 102 valence electrons. The van der Waals surface area contributed by atoms with E-state index in [1.54, 1.807) is 25.6 Å². The highest BCUT2D eigenvalue weighted by molar-refractivity contribution is 7.22. The summed E-state index contributed by atoms with van der Waals surface area (Å²) in [5.41, 5.74) is 2.48. The van der Waals surface area contributed by atoms with E-state index in [9.17, 15) is 0 Å². The number of thiophene rings is 1. The van der Waals surface area contributed by atoms with Gasteiger partial charge in [0, 0.05) is 9.58 Å². The third-order valence-corrected chi connectivity index (χ3v) is 4.56. The van der Waals surface area contributed by atoms with Gasteiger partial charge in [-0.3, -0.25) is 0 Å². The summed E-state index contributed by atoms with van der Waals surface area (Å²) in [5, 5.41) is 1.25. The minimum absolute atomic E-state index is 0.897. The number of aryl methyl sites for hydroxylation is 1. The monoisotopic (exact) mass is 284 g/mol. The van der Waals surface area contributed by atoms with E-state index in [4.69, 9.17) is 9.47 Å². The molecule has 3 aromatic rings. The van der Waals surface area contributed by atoms with E-state index < -0.39 is 0 Å². The van der Waals surface area contributed by atoms with Crippen molar-refractivity contribution in [2.75, 3.05) is 14.2 Å². The number of benzene rings is 2. The first-order chi connectivity index (χ1) is 9.71. The second-order valence-electron chi connectivity index (χ2n) is 4.70. The van der Waals surface area contributed by atoms with Crippen molar-refractivity contribution >= 4 is 21.4 Å². The van der Waals surface area contributed by atoms with Gasteiger partial charge in [0.2, 0.25) is 0 Å². The molecular formula is C17H16O2S. The van der Waals surface area contributed by atoms with Crippen molar-refractivity contribution in [1.82, 2.24) is 0 Å². The number of hydrogen-bond donors (Lipinski definition) is 0. The second kappa shape index (κ2) is 5.17. The predicted octanol–water partition coefficient (Wildman–Crippen LogP) is 4.89. The van der Waals surface area contributed by atoms with Gasteiger partial charge in [-0.15, -0.1) is 11.3 Å². The van der Waals surface area contributed by atoms with E-state index >= 15 is 0 Å². The normalized spacial score (nSPS) is 10.8. The Labute approximate surface area is 122 Å². The highest BCUT2D eigenvalue weighted by Crippen LogP contribution is 2.37. The number of hydrogen-bond acceptors (Lipinski definition) is 3. The fraction of sp³-hybridized carbons (Fsp3) is 0.176. The van der Waals surface area contributed by atoms with Gasteiger partial charge in [0.25, 0.3) is 0 Å². The van der Waals surface area contributed by atoms with Crippen molar-refractivity contribution in [3.8, 4) is 21.9 Å². The minimum atomic E-state index is 0.897. The van der Waals surface area contributed by atoms with Gasteiger partial charge in [0.15, 0.2) is 0 Å². The summed E-state index contributed by atoms with van der Waals surface area (Å²) in [5.74, 6) is 1.80. The molecule has 20 heavy (non-hydrogen) atoms. The lowest BCUT2D eigenvalue weighted by Gasteiger charge is -2.05. The molecule has 0 unspecified atom stereocenters. The molecule has 0 spiro atoms. The van der Waals surface area contributed by atoms with Gasteiger partial charge in [-0.2, -0.15) is 0 Å². The van der Waals surface area contributed by atoms with Crippen molar-refractivity contribution in [2.24, 2.45) is 0 Å². The topological polar surface area (TPSA) is 18.5 Å². The Morgan fingerprint density at radius 1 is 0.850 bits per heavy atom. The van der Waals surface area contributed by atoms with Gasteiger partial charge >= 0.3 is 0 Å². The molecule has 2 nitrogen and oxygen atoms in total. The number of methoxy groups -OCH3 is 2. The standard InChI is InChI=1S/C17H16O2S/c1-11-8-13(18-2)6-7-15(11)17-9-12-4-5-14(19-3)10-16(12)20-17/h4-10H,1-3H3. The fourth-order valence-electron chi connectivity index (χ4n) is 2.31. The number of ether oxygens (including phenoxy) is 2. The molecule has 0 fully saturated rings. The second-order valence-corrected chi connectivity index (χ2v) is 5.78. The number of rotatable bonds is 3. The van der Waals surface area contributed by atoms with E-state index in [1.165, 1.54) is 26.1 Å². The summed E-state index contributed by atoms with van der Waals surface area (Å²) < 4.78 is 11.8. The Hall–Kier alpha value is -2.00. The molecule has 0 radical (unpaired) electrons. The van der Waals surface area contributed by atoms with Crippen LogP contribution in [0, 0.1) is 6.92 Å². The van der Waals surface area contributed by atoms with Crippen molar-refractivity contribution in [3.05, 3.63) is 48.0 Å². The average Bonchev–Trinajstić information content (AvgIpc) is 2.89. The van der Waals surface area contributed by atoms with Crippen LogP contribution in [0.25, 0.3) is 20.5 Å². The van der Waals surface area contributed by atoms with Gasteiger partial charge in [-0.25, -0.2) is 0 Å². The van der Waals surface area contributed by atoms with Crippen LogP contribution in [0.3, 0.4) is 0 Å². The maximum absolute atomic E-state index is 5.28. The molecule has 0 N–H and O–H groups in total. The van der Waals surface area contributed by atoms with Crippen molar-refractivity contribution in [2.45, 2.75) is 6.92 Å². The summed E-state index contributed by atoms with van der Waals surface area (Å²) in [6, 6.07) is 14.6. The van der Waals surface area contributed by atoms with Crippen LogP contribution in [-0.2, 0) is 0 Å². The van der Waals surface area contributed by atoms with Crippen LogP contribution in [0.5, 0.6) is 11.5 Å². The van der Waals surface area contributed by atoms with Gasteiger partial charge < -0.3 is 9.47 Å². The van der Waals surface area contributed by atoms with E-state index in [0.717, 1.165) is 11.5 Å². The summed E-state index contributed by atoms with van der Waals surface area (Å²) in [6.45, 7) is 2.11. The molecule has 3 rings (SSSR count). The average molecular weight is 284 g/mol. The summed E-state index contributed by atoms with van der Waals surface area (Å²) in [4.78, 5) is 1.27. The zero-order chi connectivity index (χ0) is 14.1. The molecule has 0 aliphatic heterocycles. The minimum Gasteiger partial charge on any atom is -0.497 e. The van der Waals surface area contributed by atoms with Gasteiger partial charge in [0.1, 0.15) is 11.5 Å². The largest absolute Gasteiger partial charge is 0.497 e. The Balaban J connectivity index is 2.10. The molecular weight excluding hydrogens is 268 g/mol. The fourth-order valence-corrected chi connectivity index (χ4v) is 3.49. The first kappa shape index (κ1) is 13.0. The number of fused-ring (bicyclic) bond motifs is 1. The van der Waals surface area contributed by atoms with E-state index in [0.29, 0.717) is 0 Å². The predicted molar refractivity (Wildman–Crippen MR) is 85.1 cm³/mol. The van der Waals surface area contributed by atoms with Crippen LogP contribution >= 0.6 is 11.3 Å². The summed E-state index contributed by atoms with van der Waals surface area (Å²) >= 11 is 1.79.